The van der Waals surface area contributed by atoms with E-state index in [4.69, 9.17) is 4.74 Å². The zero-order valence-corrected chi connectivity index (χ0v) is 11.8. The number of hydrogen-bond acceptors (Lipinski definition) is 5. The third-order valence-corrected chi connectivity index (χ3v) is 3.33. The third-order valence-electron chi connectivity index (χ3n) is 3.33. The molecule has 0 N–H and O–H groups in total. The van der Waals surface area contributed by atoms with Crippen LogP contribution in [0.5, 0.6) is 0 Å². The Kier molecular flexibility index (Phi) is 4.92. The predicted molar refractivity (Wildman–Crippen MR) is 73.4 cm³/mol. The van der Waals surface area contributed by atoms with E-state index >= 15 is 0 Å². The zero-order valence-electron chi connectivity index (χ0n) is 11.8. The van der Waals surface area contributed by atoms with E-state index in [2.05, 4.69) is 4.74 Å². The minimum absolute atomic E-state index is 0.0909. The summed E-state index contributed by atoms with van der Waals surface area (Å²) in [7, 11) is 1.26. The summed E-state index contributed by atoms with van der Waals surface area (Å²) >= 11 is 0. The maximum Gasteiger partial charge on any atom is 0.411 e. The largest absolute Gasteiger partial charge is 0.467 e. The molecule has 112 valence electrons. The molecule has 1 amide bonds. The molecule has 1 aliphatic rings. The number of Topliss-reactive ketones (excluding diaryl/α,β-unsaturated/α-hetero) is 1. The number of likely N-dealkylation sites (tertiary alicyclic amines) is 1. The second-order valence-electron chi connectivity index (χ2n) is 4.78. The average molecular weight is 291 g/mol. The lowest BCUT2D eigenvalue weighted by Crippen LogP contribution is -2.51. The Bertz CT molecular complexity index is 528. The highest BCUT2D eigenvalue weighted by molar-refractivity contribution is 5.90. The Morgan fingerprint density at radius 2 is 2.00 bits per heavy atom. The molecular weight excluding hydrogens is 274 g/mol. The predicted octanol–water partition coefficient (Wildman–Crippen LogP) is 1.53. The van der Waals surface area contributed by atoms with Gasteiger partial charge in [-0.2, -0.15) is 0 Å². The van der Waals surface area contributed by atoms with Gasteiger partial charge in [-0.1, -0.05) is 30.3 Å². The first kappa shape index (κ1) is 15.0. The number of carbonyl (C=O) groups is 3. The molecule has 0 radical (unpaired) electrons. The van der Waals surface area contributed by atoms with Crippen LogP contribution >= 0.6 is 0 Å². The lowest BCUT2D eigenvalue weighted by molar-refractivity contribution is -0.148. The molecule has 2 rings (SSSR count). The summed E-state index contributed by atoms with van der Waals surface area (Å²) in [5, 5.41) is 0. The van der Waals surface area contributed by atoms with Gasteiger partial charge >= 0.3 is 12.1 Å². The summed E-state index contributed by atoms with van der Waals surface area (Å²) in [5.41, 5.74) is 0.837. The van der Waals surface area contributed by atoms with Gasteiger partial charge in [-0.15, -0.1) is 0 Å². The molecule has 0 saturated carbocycles. The number of methoxy groups -OCH3 is 1. The molecular formula is C15H17NO5. The number of piperidine rings is 1. The van der Waals surface area contributed by atoms with E-state index in [1.807, 2.05) is 30.3 Å². The quantitative estimate of drug-likeness (QED) is 0.790. The highest BCUT2D eigenvalue weighted by atomic mass is 16.6. The summed E-state index contributed by atoms with van der Waals surface area (Å²) in [6.07, 6.45) is -0.143. The fraction of sp³-hybridized carbons (Fsp3) is 0.400. The average Bonchev–Trinajstić information content (AvgIpc) is 2.52. The van der Waals surface area contributed by atoms with Crippen LogP contribution in [0, 0.1) is 0 Å². The SMILES string of the molecule is COC(=O)[C@H]1CCC(=O)CN1C(=O)OCc1ccccc1. The first-order chi connectivity index (χ1) is 10.1. The fourth-order valence-corrected chi connectivity index (χ4v) is 2.21. The Hall–Kier alpha value is -2.37. The monoisotopic (exact) mass is 291 g/mol. The highest BCUT2D eigenvalue weighted by Gasteiger charge is 2.36. The number of rotatable bonds is 3. The van der Waals surface area contributed by atoms with Crippen molar-refractivity contribution in [2.75, 3.05) is 13.7 Å². The van der Waals surface area contributed by atoms with Crippen molar-refractivity contribution in [2.24, 2.45) is 0 Å². The lowest BCUT2D eigenvalue weighted by atomic mass is 10.0. The molecule has 0 bridgehead atoms. The van der Waals surface area contributed by atoms with Crippen molar-refractivity contribution in [2.45, 2.75) is 25.5 Å². The van der Waals surface area contributed by atoms with Gasteiger partial charge in [0.2, 0.25) is 0 Å². The molecule has 21 heavy (non-hydrogen) atoms. The van der Waals surface area contributed by atoms with Crippen LogP contribution in [0.3, 0.4) is 0 Å². The molecule has 6 nitrogen and oxygen atoms in total. The van der Waals surface area contributed by atoms with Crippen LogP contribution in [0.4, 0.5) is 4.79 Å². The normalized spacial score (nSPS) is 18.2. The second-order valence-corrected chi connectivity index (χ2v) is 4.78. The number of nitrogens with zero attached hydrogens (tertiary/aromatic N) is 1. The minimum Gasteiger partial charge on any atom is -0.467 e. The molecule has 6 heteroatoms. The topological polar surface area (TPSA) is 72.9 Å². The van der Waals surface area contributed by atoms with Crippen molar-refractivity contribution >= 4 is 17.8 Å². The molecule has 0 unspecified atom stereocenters. The van der Waals surface area contributed by atoms with Crippen molar-refractivity contribution in [1.82, 2.24) is 4.90 Å². The molecule has 0 aromatic heterocycles. The number of amides is 1. The zero-order chi connectivity index (χ0) is 15.2. The van der Waals surface area contributed by atoms with Gasteiger partial charge in [0.05, 0.1) is 13.7 Å². The molecule has 1 aliphatic heterocycles. The van der Waals surface area contributed by atoms with E-state index in [1.165, 1.54) is 7.11 Å². The van der Waals surface area contributed by atoms with Gasteiger partial charge in [0.1, 0.15) is 12.6 Å². The van der Waals surface area contributed by atoms with Crippen LogP contribution in [-0.2, 0) is 25.7 Å². The molecule has 1 aromatic rings. The maximum absolute atomic E-state index is 12.1. The standard InChI is InChI=1S/C15H17NO5/c1-20-14(18)13-8-7-12(17)9-16(13)15(19)21-10-11-5-3-2-4-6-11/h2-6,13H,7-10H2,1H3/t13-/m1/s1. The first-order valence-corrected chi connectivity index (χ1v) is 6.68. The number of carbonyl (C=O) groups excluding carboxylic acids is 3. The van der Waals surface area contributed by atoms with Crippen molar-refractivity contribution in [1.29, 1.82) is 0 Å². The van der Waals surface area contributed by atoms with Crippen LogP contribution in [0.2, 0.25) is 0 Å². The number of hydrogen-bond donors (Lipinski definition) is 0. The van der Waals surface area contributed by atoms with Crippen LogP contribution in [0.25, 0.3) is 0 Å². The molecule has 1 saturated heterocycles. The fourth-order valence-electron chi connectivity index (χ4n) is 2.21. The summed E-state index contributed by atoms with van der Waals surface area (Å²) in [6.45, 7) is -0.0222. The van der Waals surface area contributed by atoms with Gasteiger partial charge < -0.3 is 9.47 Å². The van der Waals surface area contributed by atoms with E-state index in [0.29, 0.717) is 0 Å². The number of esters is 1. The van der Waals surface area contributed by atoms with E-state index in [0.717, 1.165) is 10.5 Å². The first-order valence-electron chi connectivity index (χ1n) is 6.68. The van der Waals surface area contributed by atoms with Crippen LogP contribution in [0.1, 0.15) is 18.4 Å². The van der Waals surface area contributed by atoms with Crippen LogP contribution in [-0.4, -0.2) is 42.4 Å². The van der Waals surface area contributed by atoms with E-state index in [-0.39, 0.29) is 31.8 Å². The Morgan fingerprint density at radius 3 is 2.67 bits per heavy atom. The molecule has 0 aliphatic carbocycles. The minimum atomic E-state index is -0.754. The molecule has 1 heterocycles. The summed E-state index contributed by atoms with van der Waals surface area (Å²) < 4.78 is 9.84. The highest BCUT2D eigenvalue weighted by Crippen LogP contribution is 2.17. The van der Waals surface area contributed by atoms with Gasteiger partial charge in [-0.25, -0.2) is 9.59 Å². The van der Waals surface area contributed by atoms with Gasteiger partial charge in [0, 0.05) is 6.42 Å². The van der Waals surface area contributed by atoms with Crippen molar-refractivity contribution in [3.05, 3.63) is 35.9 Å². The lowest BCUT2D eigenvalue weighted by Gasteiger charge is -2.31. The Labute approximate surface area is 122 Å². The summed E-state index contributed by atoms with van der Waals surface area (Å²) in [6, 6.07) is 8.44. The Morgan fingerprint density at radius 1 is 1.29 bits per heavy atom. The van der Waals surface area contributed by atoms with Crippen molar-refractivity contribution < 1.29 is 23.9 Å². The molecule has 1 atom stereocenters. The molecule has 0 spiro atoms. The van der Waals surface area contributed by atoms with Gasteiger partial charge in [0.15, 0.2) is 5.78 Å². The summed E-state index contributed by atoms with van der Waals surface area (Å²) in [5.74, 6) is -0.619. The smallest absolute Gasteiger partial charge is 0.411 e. The van der Waals surface area contributed by atoms with Crippen molar-refractivity contribution in [3.8, 4) is 0 Å². The van der Waals surface area contributed by atoms with E-state index in [9.17, 15) is 14.4 Å². The second kappa shape index (κ2) is 6.88. The van der Waals surface area contributed by atoms with E-state index < -0.39 is 18.1 Å². The molecule has 1 fully saturated rings. The van der Waals surface area contributed by atoms with Gasteiger partial charge in [0.25, 0.3) is 0 Å². The maximum atomic E-state index is 12.1. The van der Waals surface area contributed by atoms with Crippen LogP contribution < -0.4 is 0 Å². The number of benzene rings is 1. The van der Waals surface area contributed by atoms with Gasteiger partial charge in [-0.05, 0) is 12.0 Å². The Balaban J connectivity index is 2.00. The van der Waals surface area contributed by atoms with Gasteiger partial charge in [-0.3, -0.25) is 9.69 Å². The number of ketones is 1. The van der Waals surface area contributed by atoms with E-state index in [1.54, 1.807) is 0 Å². The van der Waals surface area contributed by atoms with Crippen molar-refractivity contribution in [3.63, 3.8) is 0 Å². The third kappa shape index (κ3) is 3.81. The molecule has 1 aromatic carbocycles. The summed E-state index contributed by atoms with van der Waals surface area (Å²) in [4.78, 5) is 36.4. The number of ether oxygens (including phenoxy) is 2. The van der Waals surface area contributed by atoms with Crippen LogP contribution in [0.15, 0.2) is 30.3 Å².